The number of hydrogen-bond acceptors (Lipinski definition) is 3. The molecule has 0 aliphatic heterocycles. The van der Waals surface area contributed by atoms with Gasteiger partial charge in [0, 0.05) is 32.4 Å². The molecule has 0 spiro atoms. The van der Waals surface area contributed by atoms with Crippen molar-refractivity contribution in [2.24, 2.45) is 12.0 Å². The van der Waals surface area contributed by atoms with E-state index in [4.69, 9.17) is 4.74 Å². The van der Waals surface area contributed by atoms with E-state index in [-0.39, 0.29) is 18.2 Å². The molecule has 0 aliphatic carbocycles. The van der Waals surface area contributed by atoms with E-state index in [1.54, 1.807) is 7.05 Å². The number of aryl methyl sites for hydroxylation is 2. The van der Waals surface area contributed by atoms with Crippen LogP contribution in [0.2, 0.25) is 0 Å². The Bertz CT molecular complexity index is 786. The van der Waals surface area contributed by atoms with E-state index in [0.717, 1.165) is 16.0 Å². The van der Waals surface area contributed by atoms with Crippen LogP contribution in [0.15, 0.2) is 35.5 Å². The first-order chi connectivity index (χ1) is 12.7. The predicted molar refractivity (Wildman–Crippen MR) is 97.7 cm³/mol. The zero-order chi connectivity index (χ0) is 20.0. The second kappa shape index (κ2) is 8.79. The molecular formula is C18H24F3N5O. The zero-order valence-corrected chi connectivity index (χ0v) is 15.8. The third-order valence-corrected chi connectivity index (χ3v) is 3.73. The Kier molecular flexibility index (Phi) is 6.70. The average Bonchev–Trinajstić information content (AvgIpc) is 2.96. The molecular weight excluding hydrogens is 359 g/mol. The van der Waals surface area contributed by atoms with E-state index in [1.165, 1.54) is 13.2 Å². The van der Waals surface area contributed by atoms with Gasteiger partial charge in [0.25, 0.3) is 0 Å². The fourth-order valence-corrected chi connectivity index (χ4v) is 2.51. The third kappa shape index (κ3) is 6.19. The van der Waals surface area contributed by atoms with Crippen molar-refractivity contribution in [1.29, 1.82) is 0 Å². The molecule has 0 amide bonds. The van der Waals surface area contributed by atoms with Crippen LogP contribution in [-0.4, -0.2) is 35.4 Å². The molecule has 1 aromatic heterocycles. The maximum absolute atomic E-state index is 13.0. The number of ether oxygens (including phenoxy) is 1. The summed E-state index contributed by atoms with van der Waals surface area (Å²) in [7, 11) is 3.01. The first kappa shape index (κ1) is 20.6. The van der Waals surface area contributed by atoms with Crippen LogP contribution >= 0.6 is 0 Å². The van der Waals surface area contributed by atoms with Crippen molar-refractivity contribution >= 4 is 5.96 Å². The van der Waals surface area contributed by atoms with Gasteiger partial charge in [0.05, 0.1) is 6.54 Å². The molecule has 2 N–H and O–H groups in total. The van der Waals surface area contributed by atoms with Crippen LogP contribution < -0.4 is 15.4 Å². The van der Waals surface area contributed by atoms with Crippen LogP contribution in [0.1, 0.15) is 23.7 Å². The van der Waals surface area contributed by atoms with E-state index in [0.29, 0.717) is 12.5 Å². The van der Waals surface area contributed by atoms with Crippen molar-refractivity contribution in [1.82, 2.24) is 20.4 Å². The third-order valence-electron chi connectivity index (χ3n) is 3.73. The maximum atomic E-state index is 13.0. The van der Waals surface area contributed by atoms with E-state index in [2.05, 4.69) is 20.7 Å². The van der Waals surface area contributed by atoms with Crippen molar-refractivity contribution in [3.05, 3.63) is 47.3 Å². The number of aromatic nitrogens is 2. The Balaban J connectivity index is 1.88. The van der Waals surface area contributed by atoms with Crippen molar-refractivity contribution in [2.45, 2.75) is 32.7 Å². The second-order valence-corrected chi connectivity index (χ2v) is 6.23. The van der Waals surface area contributed by atoms with E-state index < -0.39 is 11.9 Å². The number of nitrogens with zero attached hydrogens (tertiary/aromatic N) is 3. The Hall–Kier alpha value is -2.71. The lowest BCUT2D eigenvalue weighted by molar-refractivity contribution is -0.142. The molecule has 2 aromatic rings. The Morgan fingerprint density at radius 1 is 1.33 bits per heavy atom. The molecule has 1 unspecified atom stereocenters. The first-order valence-electron chi connectivity index (χ1n) is 8.46. The van der Waals surface area contributed by atoms with Gasteiger partial charge in [0.2, 0.25) is 0 Å². The van der Waals surface area contributed by atoms with Gasteiger partial charge in [-0.05, 0) is 31.5 Å². The molecule has 0 bridgehead atoms. The summed E-state index contributed by atoms with van der Waals surface area (Å²) in [6, 6.07) is 7.70. The van der Waals surface area contributed by atoms with Crippen LogP contribution in [0.3, 0.4) is 0 Å². The summed E-state index contributed by atoms with van der Waals surface area (Å²) in [6.45, 7) is 4.27. The lowest BCUT2D eigenvalue weighted by atomic mass is 10.2. The van der Waals surface area contributed by atoms with Crippen LogP contribution in [0.4, 0.5) is 13.2 Å². The molecule has 2 rings (SSSR count). The van der Waals surface area contributed by atoms with Crippen molar-refractivity contribution in [3.63, 3.8) is 0 Å². The number of aliphatic imine (C=N–C) groups is 1. The fraction of sp³-hybridized carbons (Fsp3) is 0.444. The highest BCUT2D eigenvalue weighted by Gasteiger charge is 2.36. The summed E-state index contributed by atoms with van der Waals surface area (Å²) in [5, 5.41) is 9.40. The SMILES string of the molecule is CN=C(NCc1cn(C)nc1C(F)(F)F)NCC(C)Oc1cccc(C)c1. The largest absolute Gasteiger partial charge is 0.489 e. The average molecular weight is 383 g/mol. The van der Waals surface area contributed by atoms with E-state index in [9.17, 15) is 13.2 Å². The van der Waals surface area contributed by atoms with Gasteiger partial charge in [0.15, 0.2) is 11.7 Å². The standard InChI is InChI=1S/C18H24F3N5O/c1-12-6-5-7-15(8-12)27-13(2)9-23-17(22-3)24-10-14-11-26(4)25-16(14)18(19,20)21/h5-8,11,13H,9-10H2,1-4H3,(H2,22,23,24). The van der Waals surface area contributed by atoms with Crippen molar-refractivity contribution in [3.8, 4) is 5.75 Å². The molecule has 27 heavy (non-hydrogen) atoms. The first-order valence-corrected chi connectivity index (χ1v) is 8.46. The molecule has 0 aliphatic rings. The van der Waals surface area contributed by atoms with Gasteiger partial charge in [0.1, 0.15) is 11.9 Å². The molecule has 0 saturated heterocycles. The van der Waals surface area contributed by atoms with Gasteiger partial charge in [-0.15, -0.1) is 0 Å². The van der Waals surface area contributed by atoms with Crippen LogP contribution in [0.5, 0.6) is 5.75 Å². The summed E-state index contributed by atoms with van der Waals surface area (Å²) >= 11 is 0. The quantitative estimate of drug-likeness (QED) is 0.595. The van der Waals surface area contributed by atoms with Crippen LogP contribution in [0, 0.1) is 6.92 Å². The number of nitrogens with one attached hydrogen (secondary N) is 2. The summed E-state index contributed by atoms with van der Waals surface area (Å²) in [6.07, 6.45) is -3.31. The molecule has 0 saturated carbocycles. The highest BCUT2D eigenvalue weighted by Crippen LogP contribution is 2.30. The number of halogens is 3. The fourth-order valence-electron chi connectivity index (χ4n) is 2.51. The van der Waals surface area contributed by atoms with Gasteiger partial charge >= 0.3 is 6.18 Å². The summed E-state index contributed by atoms with van der Waals surface area (Å²) in [5.74, 6) is 1.14. The summed E-state index contributed by atoms with van der Waals surface area (Å²) in [5.41, 5.74) is 0.253. The minimum atomic E-state index is -4.49. The maximum Gasteiger partial charge on any atom is 0.435 e. The molecule has 6 nitrogen and oxygen atoms in total. The van der Waals surface area contributed by atoms with Gasteiger partial charge in [-0.25, -0.2) is 0 Å². The highest BCUT2D eigenvalue weighted by molar-refractivity contribution is 5.79. The lowest BCUT2D eigenvalue weighted by Gasteiger charge is -2.18. The van der Waals surface area contributed by atoms with E-state index in [1.807, 2.05) is 38.1 Å². The molecule has 0 fully saturated rings. The molecule has 1 heterocycles. The monoisotopic (exact) mass is 383 g/mol. The Labute approximate surface area is 156 Å². The zero-order valence-electron chi connectivity index (χ0n) is 15.8. The topological polar surface area (TPSA) is 63.5 Å². The number of guanidine groups is 1. The molecule has 0 radical (unpaired) electrons. The molecule has 1 atom stereocenters. The van der Waals surface area contributed by atoms with Gasteiger partial charge in [-0.1, -0.05) is 12.1 Å². The van der Waals surface area contributed by atoms with Gasteiger partial charge in [-0.2, -0.15) is 18.3 Å². The minimum Gasteiger partial charge on any atom is -0.489 e. The smallest absolute Gasteiger partial charge is 0.435 e. The van der Waals surface area contributed by atoms with Gasteiger partial charge < -0.3 is 15.4 Å². The Morgan fingerprint density at radius 3 is 2.70 bits per heavy atom. The lowest BCUT2D eigenvalue weighted by Crippen LogP contribution is -2.41. The number of hydrogen-bond donors (Lipinski definition) is 2. The number of alkyl halides is 3. The summed E-state index contributed by atoms with van der Waals surface area (Å²) < 4.78 is 45.9. The number of benzene rings is 1. The predicted octanol–water partition coefficient (Wildman–Crippen LogP) is 2.88. The number of rotatable bonds is 6. The van der Waals surface area contributed by atoms with Crippen molar-refractivity contribution < 1.29 is 17.9 Å². The second-order valence-electron chi connectivity index (χ2n) is 6.23. The minimum absolute atomic E-state index is 0.0462. The molecule has 1 aromatic carbocycles. The summed E-state index contributed by atoms with van der Waals surface area (Å²) in [4.78, 5) is 4.03. The highest BCUT2D eigenvalue weighted by atomic mass is 19.4. The van der Waals surface area contributed by atoms with Crippen LogP contribution in [0.25, 0.3) is 0 Å². The van der Waals surface area contributed by atoms with Crippen LogP contribution in [-0.2, 0) is 19.8 Å². The normalized spacial score (nSPS) is 13.4. The molecule has 148 valence electrons. The Morgan fingerprint density at radius 2 is 2.07 bits per heavy atom. The van der Waals surface area contributed by atoms with Gasteiger partial charge in [-0.3, -0.25) is 9.67 Å². The van der Waals surface area contributed by atoms with Crippen molar-refractivity contribution in [2.75, 3.05) is 13.6 Å². The van der Waals surface area contributed by atoms with E-state index >= 15 is 0 Å². The molecule has 9 heteroatoms.